The van der Waals surface area contributed by atoms with Crippen LogP contribution in [0.2, 0.25) is 0 Å². The third-order valence-corrected chi connectivity index (χ3v) is 5.72. The maximum atomic E-state index is 13.1. The van der Waals surface area contributed by atoms with Gasteiger partial charge in [0.15, 0.2) is 11.6 Å². The molecule has 0 unspecified atom stereocenters. The van der Waals surface area contributed by atoms with Crippen molar-refractivity contribution in [1.29, 1.82) is 0 Å². The van der Waals surface area contributed by atoms with Crippen LogP contribution in [0, 0.1) is 0 Å². The fourth-order valence-electron chi connectivity index (χ4n) is 4.11. The summed E-state index contributed by atoms with van der Waals surface area (Å²) in [7, 11) is 3.63. The average molecular weight is 425 g/mol. The van der Waals surface area contributed by atoms with Gasteiger partial charge >= 0.3 is 0 Å². The van der Waals surface area contributed by atoms with Crippen LogP contribution in [0.3, 0.4) is 0 Å². The first-order valence-electron chi connectivity index (χ1n) is 10.5. The normalized spacial score (nSPS) is 15.7. The molecule has 0 aliphatic carbocycles. The number of pyridine rings is 1. The lowest BCUT2D eigenvalue weighted by atomic mass is 10.0. The standard InChI is InChI=1S/C24H23N7O/c1-4-19-24(32)30(3)20-14-26-22(28-23(20)31(19)17-13-27-29(2)15-17)18-11-8-12-25-21(18)16-9-6-5-7-10-16/h5-15,19H,4H2,1-3H3/t19-/m1/s1. The highest BCUT2D eigenvalue weighted by Gasteiger charge is 2.38. The van der Waals surface area contributed by atoms with Crippen LogP contribution in [0.1, 0.15) is 13.3 Å². The summed E-state index contributed by atoms with van der Waals surface area (Å²) < 4.78 is 1.72. The Hall–Kier alpha value is -4.07. The first-order chi connectivity index (χ1) is 15.6. The summed E-state index contributed by atoms with van der Waals surface area (Å²) in [5.74, 6) is 1.24. The monoisotopic (exact) mass is 425 g/mol. The van der Waals surface area contributed by atoms with Gasteiger partial charge < -0.3 is 9.80 Å². The molecule has 1 aliphatic heterocycles. The van der Waals surface area contributed by atoms with Crippen LogP contribution in [0.25, 0.3) is 22.6 Å². The highest BCUT2D eigenvalue weighted by molar-refractivity contribution is 6.06. The molecule has 1 atom stereocenters. The number of aryl methyl sites for hydroxylation is 1. The van der Waals surface area contributed by atoms with E-state index in [9.17, 15) is 4.79 Å². The second-order valence-corrected chi connectivity index (χ2v) is 7.73. The number of nitrogens with zero attached hydrogens (tertiary/aromatic N) is 7. The van der Waals surface area contributed by atoms with Crippen molar-refractivity contribution in [2.45, 2.75) is 19.4 Å². The van der Waals surface area contributed by atoms with Gasteiger partial charge in [-0.2, -0.15) is 5.10 Å². The fraction of sp³-hybridized carbons (Fsp3) is 0.208. The van der Waals surface area contributed by atoms with Crippen molar-refractivity contribution in [2.24, 2.45) is 7.05 Å². The fourth-order valence-corrected chi connectivity index (χ4v) is 4.11. The maximum Gasteiger partial charge on any atom is 0.250 e. The Labute approximate surface area is 186 Å². The van der Waals surface area contributed by atoms with E-state index in [0.29, 0.717) is 23.8 Å². The molecule has 5 rings (SSSR count). The van der Waals surface area contributed by atoms with Crippen LogP contribution < -0.4 is 9.80 Å². The van der Waals surface area contributed by atoms with Gasteiger partial charge in [-0.3, -0.25) is 14.5 Å². The first kappa shape index (κ1) is 19.9. The van der Waals surface area contributed by atoms with Gasteiger partial charge in [-0.1, -0.05) is 37.3 Å². The number of hydrogen-bond donors (Lipinski definition) is 0. The van der Waals surface area contributed by atoms with Crippen molar-refractivity contribution in [2.75, 3.05) is 16.8 Å². The van der Waals surface area contributed by atoms with E-state index in [2.05, 4.69) is 15.1 Å². The van der Waals surface area contributed by atoms with Gasteiger partial charge in [-0.15, -0.1) is 0 Å². The summed E-state index contributed by atoms with van der Waals surface area (Å²) in [6.45, 7) is 2.00. The topological polar surface area (TPSA) is 80.0 Å². The molecule has 1 aliphatic rings. The molecular weight excluding hydrogens is 402 g/mol. The number of anilines is 3. The number of carbonyl (C=O) groups excluding carboxylic acids is 1. The molecule has 1 amide bonds. The third kappa shape index (κ3) is 3.20. The predicted molar refractivity (Wildman–Crippen MR) is 124 cm³/mol. The zero-order valence-electron chi connectivity index (χ0n) is 18.2. The third-order valence-electron chi connectivity index (χ3n) is 5.72. The lowest BCUT2D eigenvalue weighted by molar-refractivity contribution is -0.119. The van der Waals surface area contributed by atoms with Crippen LogP contribution in [-0.4, -0.2) is 43.7 Å². The molecule has 32 heavy (non-hydrogen) atoms. The van der Waals surface area contributed by atoms with Gasteiger partial charge in [-0.25, -0.2) is 9.97 Å². The number of amides is 1. The molecule has 0 N–H and O–H groups in total. The molecule has 3 aromatic heterocycles. The Balaban J connectivity index is 1.70. The predicted octanol–water partition coefficient (Wildman–Crippen LogP) is 3.83. The molecule has 1 aromatic carbocycles. The van der Waals surface area contributed by atoms with Crippen LogP contribution in [0.15, 0.2) is 67.3 Å². The van der Waals surface area contributed by atoms with Crippen molar-refractivity contribution >= 4 is 23.1 Å². The summed E-state index contributed by atoms with van der Waals surface area (Å²) in [5.41, 5.74) is 4.12. The van der Waals surface area contributed by atoms with Gasteiger partial charge in [0.2, 0.25) is 5.91 Å². The summed E-state index contributed by atoms with van der Waals surface area (Å²) in [4.78, 5) is 30.9. The van der Waals surface area contributed by atoms with Crippen LogP contribution in [0.5, 0.6) is 0 Å². The molecule has 8 heteroatoms. The highest BCUT2D eigenvalue weighted by Crippen LogP contribution is 2.40. The SMILES string of the molecule is CC[C@@H]1C(=O)N(C)c2cnc(-c3cccnc3-c3ccccc3)nc2N1c1cnn(C)c1. The van der Waals surface area contributed by atoms with Crippen molar-refractivity contribution in [3.63, 3.8) is 0 Å². The van der Waals surface area contributed by atoms with E-state index in [1.54, 1.807) is 35.2 Å². The zero-order valence-corrected chi connectivity index (χ0v) is 18.2. The van der Waals surface area contributed by atoms with E-state index >= 15 is 0 Å². The minimum absolute atomic E-state index is 0.00607. The summed E-state index contributed by atoms with van der Waals surface area (Å²) >= 11 is 0. The van der Waals surface area contributed by atoms with Crippen molar-refractivity contribution in [3.8, 4) is 22.6 Å². The quantitative estimate of drug-likeness (QED) is 0.494. The van der Waals surface area contributed by atoms with E-state index in [0.717, 1.165) is 22.5 Å². The van der Waals surface area contributed by atoms with Crippen LogP contribution in [0.4, 0.5) is 17.2 Å². The minimum atomic E-state index is -0.373. The molecule has 0 fully saturated rings. The number of rotatable bonds is 4. The lowest BCUT2D eigenvalue weighted by Crippen LogP contribution is -2.50. The van der Waals surface area contributed by atoms with Gasteiger partial charge in [0.05, 0.1) is 23.8 Å². The molecule has 0 bridgehead atoms. The van der Waals surface area contributed by atoms with Gasteiger partial charge in [0, 0.05) is 37.6 Å². The van der Waals surface area contributed by atoms with Gasteiger partial charge in [0.1, 0.15) is 11.7 Å². The Morgan fingerprint density at radius 2 is 1.81 bits per heavy atom. The summed E-state index contributed by atoms with van der Waals surface area (Å²) in [5, 5.41) is 4.31. The Bertz CT molecular complexity index is 1280. The van der Waals surface area contributed by atoms with Crippen LogP contribution in [-0.2, 0) is 11.8 Å². The molecule has 8 nitrogen and oxygen atoms in total. The number of fused-ring (bicyclic) bond motifs is 1. The van der Waals surface area contributed by atoms with Crippen molar-refractivity contribution in [1.82, 2.24) is 24.7 Å². The molecule has 4 aromatic rings. The number of carbonyl (C=O) groups is 1. The largest absolute Gasteiger partial charge is 0.309 e. The van der Waals surface area contributed by atoms with Gasteiger partial charge in [0.25, 0.3) is 0 Å². The van der Waals surface area contributed by atoms with Crippen molar-refractivity contribution < 1.29 is 4.79 Å². The molecule has 0 saturated carbocycles. The van der Waals surface area contributed by atoms with E-state index in [-0.39, 0.29) is 11.9 Å². The smallest absolute Gasteiger partial charge is 0.250 e. The second-order valence-electron chi connectivity index (χ2n) is 7.73. The zero-order chi connectivity index (χ0) is 22.2. The minimum Gasteiger partial charge on any atom is -0.309 e. The van der Waals surface area contributed by atoms with E-state index in [1.807, 2.05) is 67.5 Å². The average Bonchev–Trinajstić information content (AvgIpc) is 3.27. The van der Waals surface area contributed by atoms with E-state index < -0.39 is 0 Å². The summed E-state index contributed by atoms with van der Waals surface area (Å²) in [6.07, 6.45) is 7.77. The maximum absolute atomic E-state index is 13.1. The Kier molecular flexibility index (Phi) is 4.89. The highest BCUT2D eigenvalue weighted by atomic mass is 16.2. The molecular formula is C24H23N7O. The van der Waals surface area contributed by atoms with Gasteiger partial charge in [-0.05, 0) is 18.6 Å². The number of aromatic nitrogens is 5. The first-order valence-corrected chi connectivity index (χ1v) is 10.5. The number of hydrogen-bond acceptors (Lipinski definition) is 6. The van der Waals surface area contributed by atoms with Crippen LogP contribution >= 0.6 is 0 Å². The summed E-state index contributed by atoms with van der Waals surface area (Å²) in [6, 6.07) is 13.5. The molecule has 0 radical (unpaired) electrons. The second kappa shape index (κ2) is 7.88. The molecule has 160 valence electrons. The Morgan fingerprint density at radius 1 is 1.00 bits per heavy atom. The molecule has 4 heterocycles. The van der Waals surface area contributed by atoms with E-state index in [1.165, 1.54) is 0 Å². The van der Waals surface area contributed by atoms with E-state index in [4.69, 9.17) is 4.98 Å². The molecule has 0 spiro atoms. The lowest BCUT2D eigenvalue weighted by Gasteiger charge is -2.39. The number of likely N-dealkylation sites (N-methyl/N-ethyl adjacent to an activating group) is 1. The number of benzene rings is 1. The Morgan fingerprint density at radius 3 is 2.53 bits per heavy atom. The van der Waals surface area contributed by atoms with Crippen molar-refractivity contribution in [3.05, 3.63) is 67.3 Å². The molecule has 0 saturated heterocycles.